The molecule has 1 aromatic heterocycles. The van der Waals surface area contributed by atoms with E-state index in [1.807, 2.05) is 25.1 Å². The molecule has 0 fully saturated rings. The van der Waals surface area contributed by atoms with Crippen molar-refractivity contribution in [2.24, 2.45) is 0 Å². The Morgan fingerprint density at radius 3 is 2.56 bits per heavy atom. The molecule has 0 spiro atoms. The lowest BCUT2D eigenvalue weighted by Crippen LogP contribution is -2.21. The van der Waals surface area contributed by atoms with Crippen LogP contribution in [0.1, 0.15) is 5.56 Å². The summed E-state index contributed by atoms with van der Waals surface area (Å²) in [5.41, 5.74) is 2.12. The van der Waals surface area contributed by atoms with E-state index in [2.05, 4.69) is 15.6 Å². The molecule has 0 aliphatic heterocycles. The van der Waals surface area contributed by atoms with Crippen molar-refractivity contribution in [3.05, 3.63) is 48.0 Å². The molecule has 1 heterocycles. The van der Waals surface area contributed by atoms with Gasteiger partial charge in [-0.2, -0.15) is 0 Å². The van der Waals surface area contributed by atoms with Crippen LogP contribution in [0.15, 0.2) is 47.1 Å². The molecule has 140 valence electrons. The fourth-order valence-corrected chi connectivity index (χ4v) is 2.53. The quantitative estimate of drug-likeness (QED) is 0.684. The molecule has 3 rings (SSSR count). The lowest BCUT2D eigenvalue weighted by atomic mass is 10.1. The van der Waals surface area contributed by atoms with Crippen LogP contribution in [0.5, 0.6) is 17.2 Å². The first-order chi connectivity index (χ1) is 13.1. The van der Waals surface area contributed by atoms with Gasteiger partial charge in [-0.05, 0) is 53.1 Å². The number of carbonyl (C=O) groups excluding carboxylic acids is 1. The van der Waals surface area contributed by atoms with E-state index in [1.165, 1.54) is 7.11 Å². The number of hydrogen-bond acceptors (Lipinski definition) is 7. The molecular formula is C19H19N3O5. The molecule has 0 radical (unpaired) electrons. The maximum atomic E-state index is 12.2. The van der Waals surface area contributed by atoms with Crippen molar-refractivity contribution in [3.8, 4) is 28.5 Å². The Bertz CT molecular complexity index is 939. The van der Waals surface area contributed by atoms with Gasteiger partial charge in [-0.1, -0.05) is 12.1 Å². The number of methoxy groups -OCH3 is 2. The van der Waals surface area contributed by atoms with Gasteiger partial charge in [0.15, 0.2) is 23.8 Å². The first kappa shape index (κ1) is 18.2. The number of nitrogens with one attached hydrogen (secondary N) is 1. The molecule has 0 saturated carbocycles. The van der Waals surface area contributed by atoms with E-state index in [9.17, 15) is 4.79 Å². The lowest BCUT2D eigenvalue weighted by molar-refractivity contribution is -0.118. The van der Waals surface area contributed by atoms with Crippen molar-refractivity contribution in [1.82, 2.24) is 10.3 Å². The summed E-state index contributed by atoms with van der Waals surface area (Å²) in [4.78, 5) is 12.2. The van der Waals surface area contributed by atoms with E-state index in [0.29, 0.717) is 17.2 Å². The third-order valence-corrected chi connectivity index (χ3v) is 3.86. The predicted molar refractivity (Wildman–Crippen MR) is 98.1 cm³/mol. The number of nitrogens with zero attached hydrogens (tertiary/aromatic N) is 2. The van der Waals surface area contributed by atoms with Gasteiger partial charge in [0.1, 0.15) is 5.75 Å². The zero-order valence-corrected chi connectivity index (χ0v) is 15.2. The molecule has 3 aromatic rings. The summed E-state index contributed by atoms with van der Waals surface area (Å²) < 4.78 is 20.7. The van der Waals surface area contributed by atoms with Gasteiger partial charge in [-0.3, -0.25) is 4.79 Å². The molecular weight excluding hydrogens is 350 g/mol. The normalized spacial score (nSPS) is 10.3. The van der Waals surface area contributed by atoms with Crippen molar-refractivity contribution in [2.75, 3.05) is 26.1 Å². The highest BCUT2D eigenvalue weighted by Gasteiger charge is 2.17. The summed E-state index contributed by atoms with van der Waals surface area (Å²) in [5.74, 6) is 1.56. The average Bonchev–Trinajstić information content (AvgIpc) is 3.14. The molecule has 0 atom stereocenters. The van der Waals surface area contributed by atoms with Gasteiger partial charge >= 0.3 is 0 Å². The standard InChI is InChI=1S/C19H19N3O5/c1-12-10-13(24-2)8-9-14(12)18-19(22-27-21-18)20-17(23)11-26-16-7-5-4-6-15(16)25-3/h4-10H,11H2,1-3H3,(H,20,22,23). The molecule has 0 bridgehead atoms. The molecule has 0 saturated heterocycles. The van der Waals surface area contributed by atoms with Crippen LogP contribution in [-0.2, 0) is 4.79 Å². The van der Waals surface area contributed by atoms with E-state index >= 15 is 0 Å². The van der Waals surface area contributed by atoms with E-state index in [0.717, 1.165) is 16.9 Å². The predicted octanol–water partition coefficient (Wildman–Crippen LogP) is 3.08. The Balaban J connectivity index is 1.70. The highest BCUT2D eigenvalue weighted by atomic mass is 16.6. The van der Waals surface area contributed by atoms with Crippen molar-refractivity contribution in [3.63, 3.8) is 0 Å². The van der Waals surface area contributed by atoms with Crippen molar-refractivity contribution < 1.29 is 23.6 Å². The highest BCUT2D eigenvalue weighted by molar-refractivity contribution is 5.94. The molecule has 0 aliphatic carbocycles. The molecule has 0 unspecified atom stereocenters. The van der Waals surface area contributed by atoms with Crippen LogP contribution >= 0.6 is 0 Å². The number of amides is 1. The molecule has 2 aromatic carbocycles. The topological polar surface area (TPSA) is 95.7 Å². The third-order valence-electron chi connectivity index (χ3n) is 3.86. The summed E-state index contributed by atoms with van der Waals surface area (Å²) in [5, 5.41) is 10.3. The van der Waals surface area contributed by atoms with Crippen molar-refractivity contribution in [1.29, 1.82) is 0 Å². The number of anilines is 1. The molecule has 27 heavy (non-hydrogen) atoms. The number of aromatic nitrogens is 2. The number of rotatable bonds is 7. The Morgan fingerprint density at radius 1 is 1.07 bits per heavy atom. The minimum Gasteiger partial charge on any atom is -0.497 e. The first-order valence-electron chi connectivity index (χ1n) is 8.15. The number of carbonyl (C=O) groups is 1. The Labute approximate surface area is 156 Å². The maximum absolute atomic E-state index is 12.2. The first-order valence-corrected chi connectivity index (χ1v) is 8.15. The lowest BCUT2D eigenvalue weighted by Gasteiger charge is -2.10. The van der Waals surface area contributed by atoms with Gasteiger partial charge in [-0.15, -0.1) is 0 Å². The van der Waals surface area contributed by atoms with E-state index in [-0.39, 0.29) is 12.4 Å². The number of aryl methyl sites for hydroxylation is 1. The van der Waals surface area contributed by atoms with E-state index in [1.54, 1.807) is 31.4 Å². The minimum atomic E-state index is -0.399. The summed E-state index contributed by atoms with van der Waals surface area (Å²) in [6, 6.07) is 12.6. The summed E-state index contributed by atoms with van der Waals surface area (Å²) in [7, 11) is 3.13. The second kappa shape index (κ2) is 8.22. The number of ether oxygens (including phenoxy) is 3. The van der Waals surface area contributed by atoms with Gasteiger partial charge in [0.2, 0.25) is 5.82 Å². The van der Waals surface area contributed by atoms with Crippen LogP contribution in [0.4, 0.5) is 5.82 Å². The Morgan fingerprint density at radius 2 is 1.85 bits per heavy atom. The largest absolute Gasteiger partial charge is 0.497 e. The zero-order valence-electron chi connectivity index (χ0n) is 15.2. The molecule has 8 heteroatoms. The van der Waals surface area contributed by atoms with Gasteiger partial charge in [-0.25, -0.2) is 4.63 Å². The van der Waals surface area contributed by atoms with Gasteiger partial charge in [0.05, 0.1) is 14.2 Å². The van der Waals surface area contributed by atoms with Crippen LogP contribution in [-0.4, -0.2) is 37.0 Å². The minimum absolute atomic E-state index is 0.214. The van der Waals surface area contributed by atoms with Crippen LogP contribution in [0, 0.1) is 6.92 Å². The number of para-hydroxylation sites is 2. The average molecular weight is 369 g/mol. The highest BCUT2D eigenvalue weighted by Crippen LogP contribution is 2.30. The second-order valence-corrected chi connectivity index (χ2v) is 5.63. The monoisotopic (exact) mass is 369 g/mol. The van der Waals surface area contributed by atoms with Crippen LogP contribution in [0.2, 0.25) is 0 Å². The number of hydrogen-bond donors (Lipinski definition) is 1. The third kappa shape index (κ3) is 4.17. The van der Waals surface area contributed by atoms with Gasteiger partial charge in [0, 0.05) is 5.56 Å². The molecule has 1 amide bonds. The Kier molecular flexibility index (Phi) is 5.55. The summed E-state index contributed by atoms with van der Waals surface area (Å²) >= 11 is 0. The molecule has 8 nitrogen and oxygen atoms in total. The van der Waals surface area contributed by atoms with Crippen molar-refractivity contribution in [2.45, 2.75) is 6.92 Å². The molecule has 1 N–H and O–H groups in total. The maximum Gasteiger partial charge on any atom is 0.263 e. The van der Waals surface area contributed by atoms with E-state index in [4.69, 9.17) is 18.8 Å². The Hall–Kier alpha value is -3.55. The summed E-state index contributed by atoms with van der Waals surface area (Å²) in [6.07, 6.45) is 0. The molecule has 0 aliphatic rings. The van der Waals surface area contributed by atoms with Gasteiger partial charge in [0.25, 0.3) is 5.91 Å². The summed E-state index contributed by atoms with van der Waals surface area (Å²) in [6.45, 7) is 1.69. The van der Waals surface area contributed by atoms with Crippen LogP contribution in [0.25, 0.3) is 11.3 Å². The van der Waals surface area contributed by atoms with Gasteiger partial charge < -0.3 is 19.5 Å². The smallest absolute Gasteiger partial charge is 0.263 e. The van der Waals surface area contributed by atoms with Crippen LogP contribution < -0.4 is 19.5 Å². The second-order valence-electron chi connectivity index (χ2n) is 5.63. The fraction of sp³-hybridized carbons (Fsp3) is 0.211. The van der Waals surface area contributed by atoms with Crippen molar-refractivity contribution >= 4 is 11.7 Å². The van der Waals surface area contributed by atoms with E-state index < -0.39 is 5.91 Å². The zero-order chi connectivity index (χ0) is 19.2. The SMILES string of the molecule is COc1ccc(-c2nonc2NC(=O)COc2ccccc2OC)c(C)c1. The van der Waals surface area contributed by atoms with Crippen LogP contribution in [0.3, 0.4) is 0 Å². The fourth-order valence-electron chi connectivity index (χ4n) is 2.53. The number of benzene rings is 2.